The van der Waals surface area contributed by atoms with Crippen molar-refractivity contribution in [3.05, 3.63) is 34.9 Å². The van der Waals surface area contributed by atoms with Crippen LogP contribution in [0.15, 0.2) is 18.2 Å². The summed E-state index contributed by atoms with van der Waals surface area (Å²) in [6.45, 7) is 6.08. The zero-order valence-electron chi connectivity index (χ0n) is 12.4. The van der Waals surface area contributed by atoms with Gasteiger partial charge in [-0.3, -0.25) is 9.59 Å². The predicted octanol–water partition coefficient (Wildman–Crippen LogP) is 3.13. The highest BCUT2D eigenvalue weighted by Gasteiger charge is 2.12. The highest BCUT2D eigenvalue weighted by atomic mass is 16.4. The minimum Gasteiger partial charge on any atom is -0.481 e. The molecule has 1 aromatic rings. The Hall–Kier alpha value is -1.84. The molecule has 2 N–H and O–H groups in total. The van der Waals surface area contributed by atoms with Gasteiger partial charge in [-0.15, -0.1) is 0 Å². The number of carbonyl (C=O) groups is 2. The number of amides is 1. The molecular weight excluding hydrogens is 254 g/mol. The summed E-state index contributed by atoms with van der Waals surface area (Å²) in [5.41, 5.74) is 3.54. The number of hydrogen-bond donors (Lipinski definition) is 2. The van der Waals surface area contributed by atoms with Crippen LogP contribution in [-0.2, 0) is 9.59 Å². The molecule has 0 aromatic heterocycles. The van der Waals surface area contributed by atoms with Crippen LogP contribution in [-0.4, -0.2) is 17.0 Å². The van der Waals surface area contributed by atoms with E-state index in [9.17, 15) is 9.59 Å². The molecule has 0 radical (unpaired) electrons. The molecule has 1 atom stereocenters. The molecule has 4 heteroatoms. The first kappa shape index (κ1) is 16.2. The third-order valence-corrected chi connectivity index (χ3v) is 3.54. The van der Waals surface area contributed by atoms with Crippen LogP contribution < -0.4 is 5.32 Å². The molecule has 110 valence electrons. The van der Waals surface area contributed by atoms with E-state index in [0.717, 1.165) is 5.56 Å². The maximum Gasteiger partial charge on any atom is 0.303 e. The smallest absolute Gasteiger partial charge is 0.303 e. The molecule has 20 heavy (non-hydrogen) atoms. The van der Waals surface area contributed by atoms with Gasteiger partial charge in [0.25, 0.3) is 0 Å². The fourth-order valence-corrected chi connectivity index (χ4v) is 2.20. The average molecular weight is 277 g/mol. The Bertz CT molecular complexity index is 483. The molecule has 0 spiro atoms. The number of unbranched alkanes of at least 4 members (excludes halogenated alkanes) is 1. The lowest BCUT2D eigenvalue weighted by molar-refractivity contribution is -0.137. The molecule has 0 aliphatic heterocycles. The average Bonchev–Trinajstić information content (AvgIpc) is 2.37. The topological polar surface area (TPSA) is 66.4 Å². The standard InChI is InChI=1S/C16H23NO3/c1-11-7-6-8-14(12(11)2)13(3)17-15(18)9-4-5-10-16(19)20/h6-8,13H,4-5,9-10H2,1-3H3,(H,17,18)(H,19,20). The zero-order chi connectivity index (χ0) is 15.1. The van der Waals surface area contributed by atoms with Gasteiger partial charge >= 0.3 is 5.97 Å². The number of carbonyl (C=O) groups excluding carboxylic acids is 1. The predicted molar refractivity (Wildman–Crippen MR) is 78.6 cm³/mol. The van der Waals surface area contributed by atoms with Crippen molar-refractivity contribution in [3.8, 4) is 0 Å². The monoisotopic (exact) mass is 277 g/mol. The molecule has 4 nitrogen and oxygen atoms in total. The van der Waals surface area contributed by atoms with Crippen molar-refractivity contribution in [2.45, 2.75) is 52.5 Å². The summed E-state index contributed by atoms with van der Waals surface area (Å²) in [7, 11) is 0. The molecule has 1 aromatic carbocycles. The van der Waals surface area contributed by atoms with Crippen LogP contribution in [0.3, 0.4) is 0 Å². The molecule has 0 aliphatic carbocycles. The molecule has 0 fully saturated rings. The molecule has 0 heterocycles. The van der Waals surface area contributed by atoms with Gasteiger partial charge in [0.1, 0.15) is 0 Å². The van der Waals surface area contributed by atoms with Crippen molar-refractivity contribution in [3.63, 3.8) is 0 Å². The summed E-state index contributed by atoms with van der Waals surface area (Å²) in [5.74, 6) is -0.835. The largest absolute Gasteiger partial charge is 0.481 e. The van der Waals surface area contributed by atoms with E-state index in [1.807, 2.05) is 19.1 Å². The second-order valence-corrected chi connectivity index (χ2v) is 5.18. The Morgan fingerprint density at radius 3 is 2.50 bits per heavy atom. The maximum absolute atomic E-state index is 11.8. The van der Waals surface area contributed by atoms with Gasteiger partial charge in [0, 0.05) is 12.8 Å². The van der Waals surface area contributed by atoms with Gasteiger partial charge in [0.05, 0.1) is 6.04 Å². The van der Waals surface area contributed by atoms with Crippen molar-refractivity contribution in [2.24, 2.45) is 0 Å². The van der Waals surface area contributed by atoms with Crippen molar-refractivity contribution in [1.82, 2.24) is 5.32 Å². The maximum atomic E-state index is 11.8. The lowest BCUT2D eigenvalue weighted by atomic mass is 9.98. The molecule has 0 saturated heterocycles. The molecule has 1 rings (SSSR count). The Balaban J connectivity index is 2.45. The van der Waals surface area contributed by atoms with Crippen molar-refractivity contribution in [2.75, 3.05) is 0 Å². The summed E-state index contributed by atoms with van der Waals surface area (Å²) in [4.78, 5) is 22.2. The normalized spacial score (nSPS) is 11.9. The van der Waals surface area contributed by atoms with Gasteiger partial charge in [-0.1, -0.05) is 18.2 Å². The van der Waals surface area contributed by atoms with Gasteiger partial charge < -0.3 is 10.4 Å². The van der Waals surface area contributed by atoms with E-state index in [1.165, 1.54) is 11.1 Å². The number of carboxylic acids is 1. The summed E-state index contributed by atoms with van der Waals surface area (Å²) < 4.78 is 0. The van der Waals surface area contributed by atoms with Crippen molar-refractivity contribution < 1.29 is 14.7 Å². The van der Waals surface area contributed by atoms with Gasteiger partial charge in [-0.2, -0.15) is 0 Å². The zero-order valence-corrected chi connectivity index (χ0v) is 12.4. The lowest BCUT2D eigenvalue weighted by Crippen LogP contribution is -2.26. The molecule has 0 bridgehead atoms. The third kappa shape index (κ3) is 5.03. The Morgan fingerprint density at radius 2 is 1.85 bits per heavy atom. The number of hydrogen-bond acceptors (Lipinski definition) is 2. The molecule has 1 unspecified atom stereocenters. The van der Waals surface area contributed by atoms with E-state index in [-0.39, 0.29) is 18.4 Å². The van der Waals surface area contributed by atoms with Crippen LogP contribution >= 0.6 is 0 Å². The second-order valence-electron chi connectivity index (χ2n) is 5.18. The fraction of sp³-hybridized carbons (Fsp3) is 0.500. The van der Waals surface area contributed by atoms with E-state index >= 15 is 0 Å². The van der Waals surface area contributed by atoms with E-state index in [1.54, 1.807) is 0 Å². The van der Waals surface area contributed by atoms with Crippen LogP contribution in [0.5, 0.6) is 0 Å². The molecular formula is C16H23NO3. The minimum atomic E-state index is -0.811. The van der Waals surface area contributed by atoms with Crippen LogP contribution in [0.25, 0.3) is 0 Å². The van der Waals surface area contributed by atoms with E-state index < -0.39 is 5.97 Å². The van der Waals surface area contributed by atoms with Crippen molar-refractivity contribution in [1.29, 1.82) is 0 Å². The van der Waals surface area contributed by atoms with Crippen LogP contribution in [0.4, 0.5) is 0 Å². The SMILES string of the molecule is Cc1cccc(C(C)NC(=O)CCCCC(=O)O)c1C. The number of aryl methyl sites for hydroxylation is 1. The Labute approximate surface area is 120 Å². The van der Waals surface area contributed by atoms with E-state index in [2.05, 4.69) is 25.2 Å². The minimum absolute atomic E-state index is 0.0243. The van der Waals surface area contributed by atoms with Crippen molar-refractivity contribution >= 4 is 11.9 Å². The highest BCUT2D eigenvalue weighted by molar-refractivity contribution is 5.76. The summed E-state index contributed by atoms with van der Waals surface area (Å²) in [5, 5.41) is 11.5. The highest BCUT2D eigenvalue weighted by Crippen LogP contribution is 2.20. The van der Waals surface area contributed by atoms with Gasteiger partial charge in [-0.05, 0) is 50.3 Å². The molecule has 1 amide bonds. The van der Waals surface area contributed by atoms with Gasteiger partial charge in [0.15, 0.2) is 0 Å². The lowest BCUT2D eigenvalue weighted by Gasteiger charge is -2.17. The van der Waals surface area contributed by atoms with Gasteiger partial charge in [0.2, 0.25) is 5.91 Å². The molecule has 0 saturated carbocycles. The van der Waals surface area contributed by atoms with Crippen LogP contribution in [0.1, 0.15) is 55.3 Å². The summed E-state index contributed by atoms with van der Waals surface area (Å²) in [6.07, 6.45) is 1.65. The Kier molecular flexibility index (Phi) is 6.22. The number of rotatable bonds is 7. The summed E-state index contributed by atoms with van der Waals surface area (Å²) in [6, 6.07) is 6.05. The fourth-order valence-electron chi connectivity index (χ4n) is 2.20. The van der Waals surface area contributed by atoms with E-state index in [4.69, 9.17) is 5.11 Å². The second kappa shape index (κ2) is 7.68. The molecule has 0 aliphatic rings. The number of nitrogens with one attached hydrogen (secondary N) is 1. The number of aliphatic carboxylic acids is 1. The van der Waals surface area contributed by atoms with E-state index in [0.29, 0.717) is 19.3 Å². The summed E-state index contributed by atoms with van der Waals surface area (Å²) >= 11 is 0. The first-order chi connectivity index (χ1) is 9.41. The quantitative estimate of drug-likeness (QED) is 0.752. The van der Waals surface area contributed by atoms with Crippen LogP contribution in [0.2, 0.25) is 0 Å². The third-order valence-electron chi connectivity index (χ3n) is 3.54. The van der Waals surface area contributed by atoms with Crippen LogP contribution in [0, 0.1) is 13.8 Å². The first-order valence-corrected chi connectivity index (χ1v) is 6.99. The Morgan fingerprint density at radius 1 is 1.20 bits per heavy atom. The first-order valence-electron chi connectivity index (χ1n) is 6.99. The number of benzene rings is 1. The van der Waals surface area contributed by atoms with Gasteiger partial charge in [-0.25, -0.2) is 0 Å². The number of carboxylic acid groups (broad SMARTS) is 1.